The molecule has 0 aromatic heterocycles. The Balaban J connectivity index is 1.03. The second-order valence-corrected chi connectivity index (χ2v) is 18.2. The van der Waals surface area contributed by atoms with Gasteiger partial charge >= 0.3 is 0 Å². The maximum Gasteiger partial charge on any atom is 0.0810 e. The first-order valence-corrected chi connectivity index (χ1v) is 21.8. The Bertz CT molecular complexity index is 2940. The topological polar surface area (TPSA) is 3.24 Å². The SMILES string of the molecule is [B]C1(c2ccc(-c3ccc(N(c4ccc5c(c4)C(C)(C)c4ccccc4-5)c4ccc5c(c4)C4(c6ccccc6-c6ccccc64)c4ccccc4-5)cc3)cc2)CCCCC1. The van der Waals surface area contributed by atoms with Crippen LogP contribution >= 0.6 is 0 Å². The Morgan fingerprint density at radius 3 is 1.32 bits per heavy atom. The summed E-state index contributed by atoms with van der Waals surface area (Å²) < 4.78 is 0. The first-order chi connectivity index (χ1) is 29.4. The number of hydrogen-bond donors (Lipinski definition) is 0. The van der Waals surface area contributed by atoms with Gasteiger partial charge in [-0.25, -0.2) is 0 Å². The minimum absolute atomic E-state index is 0.121. The molecule has 4 aliphatic carbocycles. The molecule has 4 aliphatic rings. The van der Waals surface area contributed by atoms with Crippen LogP contribution in [0.1, 0.15) is 84.9 Å². The number of rotatable bonds is 5. The van der Waals surface area contributed by atoms with Crippen LogP contribution in [0.25, 0.3) is 44.5 Å². The number of benzene rings is 8. The van der Waals surface area contributed by atoms with Gasteiger partial charge in [0.1, 0.15) is 0 Å². The molecule has 8 aromatic carbocycles. The van der Waals surface area contributed by atoms with Gasteiger partial charge in [-0.2, -0.15) is 0 Å². The van der Waals surface area contributed by atoms with Crippen LogP contribution in [0.2, 0.25) is 0 Å². The molecule has 286 valence electrons. The Kier molecular flexibility index (Phi) is 7.74. The van der Waals surface area contributed by atoms with E-state index in [0.29, 0.717) is 0 Å². The van der Waals surface area contributed by atoms with Crippen molar-refractivity contribution in [2.75, 3.05) is 4.90 Å². The third kappa shape index (κ3) is 4.94. The van der Waals surface area contributed by atoms with Gasteiger partial charge in [0.05, 0.1) is 13.3 Å². The summed E-state index contributed by atoms with van der Waals surface area (Å²) in [5, 5.41) is -0.203. The van der Waals surface area contributed by atoms with Gasteiger partial charge in [0.2, 0.25) is 0 Å². The molecule has 0 bridgehead atoms. The minimum atomic E-state index is -0.419. The molecular formula is C58H46BN. The zero-order chi connectivity index (χ0) is 40.2. The van der Waals surface area contributed by atoms with Crippen LogP contribution in [0.15, 0.2) is 182 Å². The van der Waals surface area contributed by atoms with Crippen molar-refractivity contribution in [3.63, 3.8) is 0 Å². The molecule has 8 aromatic rings. The fourth-order valence-electron chi connectivity index (χ4n) is 11.8. The summed E-state index contributed by atoms with van der Waals surface area (Å²) in [5.41, 5.74) is 22.7. The monoisotopic (exact) mass is 767 g/mol. The summed E-state index contributed by atoms with van der Waals surface area (Å²) in [6, 6.07) is 68.8. The summed E-state index contributed by atoms with van der Waals surface area (Å²) in [5.74, 6) is 0. The van der Waals surface area contributed by atoms with E-state index in [2.05, 4.69) is 201 Å². The summed E-state index contributed by atoms with van der Waals surface area (Å²) in [4.78, 5) is 2.48. The van der Waals surface area contributed by atoms with Crippen LogP contribution in [0.3, 0.4) is 0 Å². The molecule has 0 atom stereocenters. The lowest BCUT2D eigenvalue weighted by Crippen LogP contribution is -2.29. The minimum Gasteiger partial charge on any atom is -0.310 e. The zero-order valence-corrected chi connectivity index (χ0v) is 34.4. The van der Waals surface area contributed by atoms with Gasteiger partial charge in [0.25, 0.3) is 0 Å². The second kappa shape index (κ2) is 13.1. The highest BCUT2D eigenvalue weighted by molar-refractivity contribution is 6.16. The molecular weight excluding hydrogens is 721 g/mol. The number of anilines is 3. The highest BCUT2D eigenvalue weighted by atomic mass is 15.1. The Labute approximate surface area is 355 Å². The van der Waals surface area contributed by atoms with Crippen LogP contribution in [0.4, 0.5) is 17.1 Å². The van der Waals surface area contributed by atoms with Crippen LogP contribution in [0.5, 0.6) is 0 Å². The maximum atomic E-state index is 6.95. The summed E-state index contributed by atoms with van der Waals surface area (Å²) in [6.07, 6.45) is 5.85. The van der Waals surface area contributed by atoms with Crippen LogP contribution in [-0.2, 0) is 16.1 Å². The van der Waals surface area contributed by atoms with Gasteiger partial charge in [-0.15, -0.1) is 0 Å². The molecule has 1 spiro atoms. The number of hydrogen-bond acceptors (Lipinski definition) is 1. The van der Waals surface area contributed by atoms with Crippen molar-refractivity contribution >= 4 is 24.9 Å². The van der Waals surface area contributed by atoms with Crippen molar-refractivity contribution < 1.29 is 0 Å². The first kappa shape index (κ1) is 35.6. The van der Waals surface area contributed by atoms with Crippen molar-refractivity contribution in [1.29, 1.82) is 0 Å². The van der Waals surface area contributed by atoms with E-state index in [1.54, 1.807) is 0 Å². The lowest BCUT2D eigenvalue weighted by Gasteiger charge is -2.35. The van der Waals surface area contributed by atoms with Crippen molar-refractivity contribution in [1.82, 2.24) is 0 Å². The smallest absolute Gasteiger partial charge is 0.0810 e. The predicted molar refractivity (Wildman–Crippen MR) is 251 cm³/mol. The zero-order valence-electron chi connectivity index (χ0n) is 34.4. The third-order valence-corrected chi connectivity index (χ3v) is 14.7. The molecule has 2 heteroatoms. The number of fused-ring (bicyclic) bond motifs is 13. The summed E-state index contributed by atoms with van der Waals surface area (Å²) in [7, 11) is 6.95. The quantitative estimate of drug-likeness (QED) is 0.158. The highest BCUT2D eigenvalue weighted by Gasteiger charge is 2.51. The fraction of sp³-hybridized carbons (Fsp3) is 0.172. The molecule has 1 fully saturated rings. The van der Waals surface area contributed by atoms with Crippen LogP contribution < -0.4 is 4.90 Å². The molecule has 1 saturated carbocycles. The molecule has 0 heterocycles. The van der Waals surface area contributed by atoms with Crippen molar-refractivity contribution in [2.24, 2.45) is 0 Å². The van der Waals surface area contributed by atoms with E-state index in [9.17, 15) is 0 Å². The molecule has 60 heavy (non-hydrogen) atoms. The molecule has 0 aliphatic heterocycles. The Morgan fingerprint density at radius 2 is 0.783 bits per heavy atom. The van der Waals surface area contributed by atoms with E-state index in [1.165, 1.54) is 103 Å². The highest BCUT2D eigenvalue weighted by Crippen LogP contribution is 2.63. The molecule has 0 saturated heterocycles. The fourth-order valence-corrected chi connectivity index (χ4v) is 11.8. The lowest BCUT2D eigenvalue weighted by atomic mass is 9.57. The van der Waals surface area contributed by atoms with Crippen molar-refractivity contribution in [3.05, 3.63) is 221 Å². The standard InChI is InChI=1S/C58H46BN/c1-56(2)50-18-8-4-14-44(50)48-32-30-42(36-54(48)56)60(41-28-24-39(25-29-41)38-22-26-40(27-23-38)57(59)34-12-3-13-35-57)43-31-33-49-47-17-7-11-21-53(47)58(55(49)37-43)51-19-9-5-15-45(51)46-16-6-10-20-52(46)58/h4-11,14-33,36-37H,3,12-13,34-35H2,1-2H3. The van der Waals surface area contributed by atoms with Crippen LogP contribution in [-0.4, -0.2) is 7.85 Å². The maximum absolute atomic E-state index is 6.95. The van der Waals surface area contributed by atoms with E-state index in [4.69, 9.17) is 7.85 Å². The van der Waals surface area contributed by atoms with Crippen molar-refractivity contribution in [2.45, 2.75) is 62.1 Å². The average Bonchev–Trinajstić information content (AvgIpc) is 3.85. The predicted octanol–water partition coefficient (Wildman–Crippen LogP) is 14.8. The Morgan fingerprint density at radius 1 is 0.383 bits per heavy atom. The first-order valence-electron chi connectivity index (χ1n) is 21.8. The van der Waals surface area contributed by atoms with E-state index in [-0.39, 0.29) is 10.7 Å². The lowest BCUT2D eigenvalue weighted by molar-refractivity contribution is 0.398. The molecule has 2 radical (unpaired) electrons. The largest absolute Gasteiger partial charge is 0.310 e. The van der Waals surface area contributed by atoms with E-state index >= 15 is 0 Å². The molecule has 0 unspecified atom stereocenters. The summed E-state index contributed by atoms with van der Waals surface area (Å²) in [6.45, 7) is 4.75. The van der Waals surface area contributed by atoms with Crippen molar-refractivity contribution in [3.8, 4) is 44.5 Å². The number of nitrogens with zero attached hydrogens (tertiary/aromatic N) is 1. The van der Waals surface area contributed by atoms with Gasteiger partial charge in [0.15, 0.2) is 0 Å². The molecule has 0 amide bonds. The second-order valence-electron chi connectivity index (χ2n) is 18.2. The third-order valence-electron chi connectivity index (χ3n) is 14.7. The Hall–Kier alpha value is -6.38. The van der Waals surface area contributed by atoms with Gasteiger partial charge in [0, 0.05) is 22.5 Å². The molecule has 1 nitrogen and oxygen atoms in total. The normalized spacial score (nSPS) is 16.6. The van der Waals surface area contributed by atoms with E-state index < -0.39 is 5.41 Å². The molecule has 0 N–H and O–H groups in total. The van der Waals surface area contributed by atoms with Gasteiger partial charge < -0.3 is 4.90 Å². The summed E-state index contributed by atoms with van der Waals surface area (Å²) >= 11 is 0. The average molecular weight is 768 g/mol. The van der Waals surface area contributed by atoms with Gasteiger partial charge in [-0.05, 0) is 120 Å². The van der Waals surface area contributed by atoms with Gasteiger partial charge in [-0.1, -0.05) is 197 Å². The van der Waals surface area contributed by atoms with E-state index in [0.717, 1.165) is 29.9 Å². The van der Waals surface area contributed by atoms with E-state index in [1.807, 2.05) is 0 Å². The van der Waals surface area contributed by atoms with Gasteiger partial charge in [-0.3, -0.25) is 0 Å². The van der Waals surface area contributed by atoms with Crippen LogP contribution in [0, 0.1) is 0 Å². The molecule has 12 rings (SSSR count).